The average Bonchev–Trinajstić information content (AvgIpc) is 3.66. The van der Waals surface area contributed by atoms with Gasteiger partial charge >= 0.3 is 20.1 Å². The van der Waals surface area contributed by atoms with Crippen LogP contribution >= 0.6 is 0 Å². The Morgan fingerprint density at radius 2 is 1.38 bits per heavy atom. The molecular weight excluding hydrogens is 693 g/mol. The number of para-hydroxylation sites is 2. The maximum absolute atomic E-state index is 4.79. The smallest absolute Gasteiger partial charge is 0.510 e. The maximum atomic E-state index is 4.79. The quantitative estimate of drug-likeness (QED) is 0.125. The fourth-order valence-corrected chi connectivity index (χ4v) is 6.04. The largest absolute Gasteiger partial charge is 3.00 e. The van der Waals surface area contributed by atoms with E-state index in [2.05, 4.69) is 95.4 Å². The van der Waals surface area contributed by atoms with Crippen LogP contribution in [-0.2, 0) is 20.1 Å². The van der Waals surface area contributed by atoms with Crippen LogP contribution in [0.5, 0.6) is 0 Å². The Hall–Kier alpha value is -4.70. The van der Waals surface area contributed by atoms with Gasteiger partial charge in [-0.3, -0.25) is 0 Å². The van der Waals surface area contributed by atoms with Crippen molar-refractivity contribution in [2.75, 3.05) is 11.9 Å². The molecule has 1 aliphatic rings. The van der Waals surface area contributed by atoms with Gasteiger partial charge in [-0.05, 0) is 58.1 Å². The van der Waals surface area contributed by atoms with Gasteiger partial charge in [0.25, 0.3) is 0 Å². The summed E-state index contributed by atoms with van der Waals surface area (Å²) in [4.78, 5) is 8.82. The van der Waals surface area contributed by atoms with Crippen molar-refractivity contribution in [1.29, 1.82) is 0 Å². The van der Waals surface area contributed by atoms with Crippen LogP contribution < -0.4 is 4.90 Å². The van der Waals surface area contributed by atoms with E-state index in [1.54, 1.807) is 0 Å². The van der Waals surface area contributed by atoms with Crippen molar-refractivity contribution < 1.29 is 20.1 Å². The van der Waals surface area contributed by atoms with E-state index in [0.29, 0.717) is 0 Å². The summed E-state index contributed by atoms with van der Waals surface area (Å²) in [6.07, 6.45) is 5.88. The molecule has 0 atom stereocenters. The second-order valence-corrected chi connectivity index (χ2v) is 10.3. The summed E-state index contributed by atoms with van der Waals surface area (Å²) in [6, 6.07) is 44.8. The summed E-state index contributed by atoms with van der Waals surface area (Å²) in [5.41, 5.74) is 5.50. The first-order chi connectivity index (χ1) is 20.3. The van der Waals surface area contributed by atoms with E-state index in [4.69, 9.17) is 4.98 Å². The first-order valence-corrected chi connectivity index (χ1v) is 13.7. The summed E-state index contributed by atoms with van der Waals surface area (Å²) in [5, 5.41) is 8.62. The Kier molecular flexibility index (Phi) is 6.62. The van der Waals surface area contributed by atoms with Gasteiger partial charge in [0.05, 0.1) is 5.52 Å². The molecule has 0 N–H and O–H groups in total. The van der Waals surface area contributed by atoms with Gasteiger partial charge < -0.3 is 19.2 Å². The summed E-state index contributed by atoms with van der Waals surface area (Å²) in [5.74, 6) is 0. The van der Waals surface area contributed by atoms with Crippen LogP contribution in [0, 0.1) is 18.8 Å². The van der Waals surface area contributed by atoms with Crippen LogP contribution in [0.3, 0.4) is 0 Å². The first-order valence-electron chi connectivity index (χ1n) is 13.7. The topological polar surface area (TPSA) is 23.8 Å². The third kappa shape index (κ3) is 4.13. The van der Waals surface area contributed by atoms with Gasteiger partial charge in [-0.2, -0.15) is 37.0 Å². The number of hydrogen-bond acceptors (Lipinski definition) is 3. The molecule has 4 nitrogen and oxygen atoms in total. The van der Waals surface area contributed by atoms with Crippen LogP contribution in [0.25, 0.3) is 59.8 Å². The Bertz CT molecular complexity index is 2270. The molecule has 4 heterocycles. The maximum Gasteiger partial charge on any atom is 3.00 e. The van der Waals surface area contributed by atoms with E-state index >= 15 is 0 Å². The molecule has 0 aliphatic carbocycles. The van der Waals surface area contributed by atoms with Gasteiger partial charge in [-0.1, -0.05) is 66.7 Å². The van der Waals surface area contributed by atoms with Crippen molar-refractivity contribution >= 4 is 65.5 Å². The van der Waals surface area contributed by atoms with E-state index in [0.717, 1.165) is 22.1 Å². The number of fused-ring (bicyclic) bond motifs is 13. The molecule has 0 unspecified atom stereocenters. The predicted molar refractivity (Wildman–Crippen MR) is 171 cm³/mol. The van der Waals surface area contributed by atoms with Crippen LogP contribution in [0.4, 0.5) is 5.69 Å². The molecule has 202 valence electrons. The molecule has 9 rings (SSSR count). The first kappa shape index (κ1) is 26.2. The van der Waals surface area contributed by atoms with Crippen LogP contribution in [0.2, 0.25) is 0 Å². The third-order valence-corrected chi connectivity index (χ3v) is 7.79. The zero-order valence-electron chi connectivity index (χ0n) is 22.8. The molecule has 3 aromatic heterocycles. The normalized spacial score (nSPS) is 12.9. The summed E-state index contributed by atoms with van der Waals surface area (Å²) >= 11 is 0. The molecule has 5 aromatic carbocycles. The fraction of sp³-hybridized carbons (Fsp3) is 0.0270. The van der Waals surface area contributed by atoms with Gasteiger partial charge in [-0.15, -0.1) is 29.3 Å². The van der Waals surface area contributed by atoms with Gasteiger partial charge in [0.2, 0.25) is 0 Å². The van der Waals surface area contributed by atoms with Crippen molar-refractivity contribution in [1.82, 2.24) is 14.3 Å². The molecule has 1 aliphatic heterocycles. The Morgan fingerprint density at radius 1 is 0.690 bits per heavy atom. The van der Waals surface area contributed by atoms with E-state index in [-0.39, 0.29) is 20.1 Å². The molecule has 8 aromatic rings. The Balaban J connectivity index is 0.000000188. The van der Waals surface area contributed by atoms with Gasteiger partial charge in [-0.25, -0.2) is 0 Å². The summed E-state index contributed by atoms with van der Waals surface area (Å²) in [7, 11) is 2.00. The van der Waals surface area contributed by atoms with Gasteiger partial charge in [0.15, 0.2) is 0 Å². The zero-order chi connectivity index (χ0) is 27.3. The molecule has 42 heavy (non-hydrogen) atoms. The predicted octanol–water partition coefficient (Wildman–Crippen LogP) is 8.73. The molecule has 0 amide bonds. The zero-order valence-corrected chi connectivity index (χ0v) is 25.2. The van der Waals surface area contributed by atoms with E-state index < -0.39 is 0 Å². The van der Waals surface area contributed by atoms with Gasteiger partial charge in [0, 0.05) is 22.5 Å². The number of anilines is 1. The minimum absolute atomic E-state index is 0. The molecule has 0 saturated carbocycles. The number of rotatable bonds is 1. The number of aromatic nitrogens is 2. The SMILES string of the molecule is CN1C=CN(c2[c-]cccc2)[CH-]1.[Ir+3].[c-]1c2ccccc2n2c1c1ncccc1c1c3ccccc3c3ccccc3c12. The van der Waals surface area contributed by atoms with Crippen molar-refractivity contribution in [3.63, 3.8) is 0 Å². The fourth-order valence-electron chi connectivity index (χ4n) is 6.04. The Morgan fingerprint density at radius 3 is 2.14 bits per heavy atom. The minimum atomic E-state index is 0. The second kappa shape index (κ2) is 10.6. The number of nitrogens with zero attached hydrogens (tertiary/aromatic N) is 4. The molecule has 0 bridgehead atoms. The Labute approximate surface area is 257 Å². The second-order valence-electron chi connectivity index (χ2n) is 10.3. The molecule has 0 saturated heterocycles. The number of hydrogen-bond donors (Lipinski definition) is 0. The molecule has 0 spiro atoms. The molecule has 5 heteroatoms. The number of pyridine rings is 2. The van der Waals surface area contributed by atoms with Crippen molar-refractivity contribution in [3.8, 4) is 0 Å². The van der Waals surface area contributed by atoms with Crippen molar-refractivity contribution in [2.45, 2.75) is 0 Å². The molecule has 0 fully saturated rings. The molecule has 0 radical (unpaired) electrons. The summed E-state index contributed by atoms with van der Waals surface area (Å²) < 4.78 is 2.36. The standard InChI is InChI=1S/C27H15N2.C10H10N2.Ir/c1-6-14-23-17(8-1)16-24-26-22(13-7-15-28-26)25-20-11-4-2-9-18(20)19-10-3-5-12-21(19)27(25)29(23)24;1-11-7-8-12(9-11)10-5-3-2-4-6-10;/h1-15H;2-5,7-9H,1H3;/q-1;-2;+3. The van der Waals surface area contributed by atoms with Crippen molar-refractivity contribution in [3.05, 3.63) is 147 Å². The molecular formula is C37H25IrN4. The third-order valence-electron chi connectivity index (χ3n) is 7.79. The summed E-state index contributed by atoms with van der Waals surface area (Å²) in [6.45, 7) is 2.01. The van der Waals surface area contributed by atoms with E-state index in [1.165, 1.54) is 43.4 Å². The van der Waals surface area contributed by atoms with Crippen molar-refractivity contribution in [2.24, 2.45) is 0 Å². The average molecular weight is 718 g/mol. The minimum Gasteiger partial charge on any atom is -0.510 e. The van der Waals surface area contributed by atoms with E-state index in [1.807, 2.05) is 72.4 Å². The van der Waals surface area contributed by atoms with Gasteiger partial charge in [0.1, 0.15) is 0 Å². The monoisotopic (exact) mass is 718 g/mol. The van der Waals surface area contributed by atoms with Crippen LogP contribution in [-0.4, -0.2) is 21.3 Å². The van der Waals surface area contributed by atoms with Crippen LogP contribution in [0.1, 0.15) is 0 Å². The van der Waals surface area contributed by atoms with Crippen LogP contribution in [0.15, 0.2) is 128 Å². The number of benzene rings is 5. The van der Waals surface area contributed by atoms with E-state index in [9.17, 15) is 0 Å².